The summed E-state index contributed by atoms with van der Waals surface area (Å²) in [6.07, 6.45) is 0. The Bertz CT molecular complexity index is 661. The van der Waals surface area contributed by atoms with E-state index in [4.69, 9.17) is 27.9 Å². The van der Waals surface area contributed by atoms with E-state index in [1.165, 1.54) is 13.2 Å². The molecule has 21 heavy (non-hydrogen) atoms. The van der Waals surface area contributed by atoms with Crippen LogP contribution < -0.4 is 10.1 Å². The molecule has 2 aromatic carbocycles. The maximum absolute atomic E-state index is 13.8. The monoisotopic (exact) mass is 327 g/mol. The second-order valence-electron chi connectivity index (χ2n) is 4.74. The van der Waals surface area contributed by atoms with E-state index in [-0.39, 0.29) is 11.9 Å². The van der Waals surface area contributed by atoms with Gasteiger partial charge in [-0.1, -0.05) is 35.3 Å². The summed E-state index contributed by atoms with van der Waals surface area (Å²) in [6, 6.07) is 8.26. The molecule has 2 nitrogen and oxygen atoms in total. The second-order valence-corrected chi connectivity index (χ2v) is 5.55. The number of aryl methyl sites for hydroxylation is 1. The Morgan fingerprint density at radius 1 is 1.14 bits per heavy atom. The predicted molar refractivity (Wildman–Crippen MR) is 85.1 cm³/mol. The van der Waals surface area contributed by atoms with Crippen molar-refractivity contribution in [1.82, 2.24) is 5.32 Å². The van der Waals surface area contributed by atoms with Crippen LogP contribution in [0.4, 0.5) is 4.39 Å². The van der Waals surface area contributed by atoms with Crippen molar-refractivity contribution in [3.8, 4) is 5.75 Å². The summed E-state index contributed by atoms with van der Waals surface area (Å²) in [5.41, 5.74) is 2.16. The fourth-order valence-corrected chi connectivity index (χ4v) is 2.72. The molecule has 1 unspecified atom stereocenters. The summed E-state index contributed by atoms with van der Waals surface area (Å²) in [5.74, 6) is 0.263. The fourth-order valence-electron chi connectivity index (χ4n) is 2.21. The maximum atomic E-state index is 13.8. The molecule has 0 saturated heterocycles. The standard InChI is InChI=1S/C16H16Cl2FNO/c1-9-4-5-10(6-14(9)19)16(20-2)11-7-13(18)15(21-3)8-12(11)17/h4-8,16,20H,1-3H3. The van der Waals surface area contributed by atoms with Gasteiger partial charge in [-0.25, -0.2) is 4.39 Å². The Hall–Kier alpha value is -1.29. The Labute approximate surface area is 133 Å². The molecule has 1 atom stereocenters. The zero-order chi connectivity index (χ0) is 15.6. The lowest BCUT2D eigenvalue weighted by atomic mass is 9.97. The number of ether oxygens (including phenoxy) is 1. The Balaban J connectivity index is 2.50. The normalized spacial score (nSPS) is 12.3. The quantitative estimate of drug-likeness (QED) is 0.874. The van der Waals surface area contributed by atoms with Gasteiger partial charge in [0.25, 0.3) is 0 Å². The zero-order valence-corrected chi connectivity index (χ0v) is 13.5. The van der Waals surface area contributed by atoms with Gasteiger partial charge in [-0.2, -0.15) is 0 Å². The molecule has 0 aliphatic rings. The molecular formula is C16H16Cl2FNO. The molecule has 2 rings (SSSR count). The van der Waals surface area contributed by atoms with E-state index in [1.807, 2.05) is 6.07 Å². The van der Waals surface area contributed by atoms with E-state index in [0.717, 1.165) is 11.1 Å². The lowest BCUT2D eigenvalue weighted by molar-refractivity contribution is 0.415. The molecule has 0 spiro atoms. The highest BCUT2D eigenvalue weighted by Crippen LogP contribution is 2.36. The summed E-state index contributed by atoms with van der Waals surface area (Å²) in [6.45, 7) is 1.73. The molecular weight excluding hydrogens is 312 g/mol. The average Bonchev–Trinajstić information content (AvgIpc) is 2.46. The smallest absolute Gasteiger partial charge is 0.138 e. The van der Waals surface area contributed by atoms with Crippen LogP contribution in [-0.2, 0) is 0 Å². The van der Waals surface area contributed by atoms with Crippen LogP contribution in [0.5, 0.6) is 5.75 Å². The summed E-state index contributed by atoms with van der Waals surface area (Å²) < 4.78 is 18.9. The summed E-state index contributed by atoms with van der Waals surface area (Å²) >= 11 is 12.5. The van der Waals surface area contributed by atoms with Crippen LogP contribution in [0.15, 0.2) is 30.3 Å². The van der Waals surface area contributed by atoms with Crippen molar-refractivity contribution in [3.05, 3.63) is 62.9 Å². The molecule has 0 saturated carbocycles. The van der Waals surface area contributed by atoms with Crippen LogP contribution in [0.2, 0.25) is 10.0 Å². The third kappa shape index (κ3) is 3.31. The van der Waals surface area contributed by atoms with Crippen molar-refractivity contribution in [1.29, 1.82) is 0 Å². The van der Waals surface area contributed by atoms with Crippen molar-refractivity contribution < 1.29 is 9.13 Å². The zero-order valence-electron chi connectivity index (χ0n) is 12.0. The van der Waals surface area contributed by atoms with Crippen LogP contribution in [0.1, 0.15) is 22.7 Å². The first-order chi connectivity index (χ1) is 9.97. The van der Waals surface area contributed by atoms with Gasteiger partial charge in [-0.15, -0.1) is 0 Å². The van der Waals surface area contributed by atoms with E-state index in [1.54, 1.807) is 32.2 Å². The van der Waals surface area contributed by atoms with Crippen molar-refractivity contribution in [2.45, 2.75) is 13.0 Å². The molecule has 0 bridgehead atoms. The Morgan fingerprint density at radius 2 is 1.86 bits per heavy atom. The molecule has 0 aromatic heterocycles. The number of methoxy groups -OCH3 is 1. The van der Waals surface area contributed by atoms with Gasteiger partial charge >= 0.3 is 0 Å². The van der Waals surface area contributed by atoms with E-state index >= 15 is 0 Å². The van der Waals surface area contributed by atoms with E-state index < -0.39 is 0 Å². The van der Waals surface area contributed by atoms with Gasteiger partial charge in [0.2, 0.25) is 0 Å². The van der Waals surface area contributed by atoms with Crippen molar-refractivity contribution in [2.75, 3.05) is 14.2 Å². The van der Waals surface area contributed by atoms with Gasteiger partial charge in [0.15, 0.2) is 0 Å². The third-order valence-electron chi connectivity index (χ3n) is 3.40. The summed E-state index contributed by atoms with van der Waals surface area (Å²) in [7, 11) is 3.32. The van der Waals surface area contributed by atoms with Crippen LogP contribution in [-0.4, -0.2) is 14.2 Å². The van der Waals surface area contributed by atoms with E-state index in [9.17, 15) is 4.39 Å². The molecule has 0 radical (unpaired) electrons. The molecule has 0 amide bonds. The van der Waals surface area contributed by atoms with Gasteiger partial charge in [0.1, 0.15) is 11.6 Å². The van der Waals surface area contributed by atoms with Crippen molar-refractivity contribution >= 4 is 23.2 Å². The van der Waals surface area contributed by atoms with Crippen molar-refractivity contribution in [3.63, 3.8) is 0 Å². The molecule has 112 valence electrons. The number of rotatable bonds is 4. The van der Waals surface area contributed by atoms with Crippen LogP contribution in [0.25, 0.3) is 0 Å². The van der Waals surface area contributed by atoms with Gasteiger partial charge < -0.3 is 10.1 Å². The molecule has 1 N–H and O–H groups in total. The lowest BCUT2D eigenvalue weighted by Gasteiger charge is -2.20. The fraction of sp³-hybridized carbons (Fsp3) is 0.250. The Kier molecular flexibility index (Phi) is 5.09. The maximum Gasteiger partial charge on any atom is 0.138 e. The van der Waals surface area contributed by atoms with E-state index in [2.05, 4.69) is 5.32 Å². The number of benzene rings is 2. The average molecular weight is 328 g/mol. The molecule has 5 heteroatoms. The minimum Gasteiger partial charge on any atom is -0.495 e. The summed E-state index contributed by atoms with van der Waals surface area (Å²) in [5, 5.41) is 4.11. The molecule has 0 aliphatic carbocycles. The topological polar surface area (TPSA) is 21.3 Å². The number of hydrogen-bond donors (Lipinski definition) is 1. The minimum atomic E-state index is -0.254. The molecule has 2 aromatic rings. The van der Waals surface area contributed by atoms with Crippen molar-refractivity contribution in [2.24, 2.45) is 0 Å². The lowest BCUT2D eigenvalue weighted by Crippen LogP contribution is -2.18. The first-order valence-corrected chi connectivity index (χ1v) is 7.19. The second kappa shape index (κ2) is 6.65. The Morgan fingerprint density at radius 3 is 2.43 bits per heavy atom. The first-order valence-electron chi connectivity index (χ1n) is 6.44. The van der Waals surface area contributed by atoms with Crippen LogP contribution in [0.3, 0.4) is 0 Å². The highest BCUT2D eigenvalue weighted by Gasteiger charge is 2.18. The minimum absolute atomic E-state index is 0.247. The van der Waals surface area contributed by atoms with Gasteiger partial charge in [0.05, 0.1) is 18.2 Å². The van der Waals surface area contributed by atoms with Gasteiger partial charge in [0, 0.05) is 11.1 Å². The molecule has 0 heterocycles. The van der Waals surface area contributed by atoms with E-state index in [0.29, 0.717) is 21.4 Å². The number of nitrogens with one attached hydrogen (secondary N) is 1. The molecule has 0 aliphatic heterocycles. The van der Waals surface area contributed by atoms with Crippen LogP contribution >= 0.6 is 23.2 Å². The highest BCUT2D eigenvalue weighted by molar-refractivity contribution is 6.34. The third-order valence-corrected chi connectivity index (χ3v) is 4.02. The largest absolute Gasteiger partial charge is 0.495 e. The number of halogens is 3. The molecule has 0 fully saturated rings. The number of hydrogen-bond acceptors (Lipinski definition) is 2. The SMILES string of the molecule is CNC(c1ccc(C)c(F)c1)c1cc(Cl)c(OC)cc1Cl. The van der Waals surface area contributed by atoms with Crippen LogP contribution in [0, 0.1) is 12.7 Å². The first kappa shape index (κ1) is 16.1. The van der Waals surface area contributed by atoms with Gasteiger partial charge in [-0.05, 0) is 42.8 Å². The van der Waals surface area contributed by atoms with Gasteiger partial charge in [-0.3, -0.25) is 0 Å². The highest BCUT2D eigenvalue weighted by atomic mass is 35.5. The summed E-state index contributed by atoms with van der Waals surface area (Å²) in [4.78, 5) is 0. The predicted octanol–water partition coefficient (Wildman–Crippen LogP) is 4.76.